The van der Waals surface area contributed by atoms with Gasteiger partial charge in [0.05, 0.1) is 27.8 Å². The normalized spacial score (nSPS) is 20.5. The van der Waals surface area contributed by atoms with Crippen LogP contribution < -0.4 is 4.74 Å². The van der Waals surface area contributed by atoms with Gasteiger partial charge in [-0.25, -0.2) is 4.79 Å². The lowest BCUT2D eigenvalue weighted by atomic mass is 9.82. The molecule has 30 heavy (non-hydrogen) atoms. The largest absolute Gasteiger partial charge is 0.496 e. The van der Waals surface area contributed by atoms with Gasteiger partial charge >= 0.3 is 11.9 Å². The highest BCUT2D eigenvalue weighted by Gasteiger charge is 2.50. The van der Waals surface area contributed by atoms with E-state index in [9.17, 15) is 14.4 Å². The molecule has 0 aliphatic carbocycles. The van der Waals surface area contributed by atoms with Crippen LogP contribution in [0.4, 0.5) is 0 Å². The highest BCUT2D eigenvalue weighted by atomic mass is 16.5. The minimum atomic E-state index is -0.920. The van der Waals surface area contributed by atoms with Crippen LogP contribution in [0.3, 0.4) is 0 Å². The van der Waals surface area contributed by atoms with Crippen LogP contribution in [-0.4, -0.2) is 56.7 Å². The molecule has 0 bridgehead atoms. The van der Waals surface area contributed by atoms with Crippen LogP contribution in [-0.2, 0) is 19.1 Å². The topological polar surface area (TPSA) is 82.1 Å². The van der Waals surface area contributed by atoms with Crippen LogP contribution >= 0.6 is 0 Å². The molecule has 0 radical (unpaired) electrons. The van der Waals surface area contributed by atoms with Crippen molar-refractivity contribution in [1.82, 2.24) is 4.90 Å². The molecule has 2 aromatic carbocycles. The van der Waals surface area contributed by atoms with Crippen LogP contribution in [0.25, 0.3) is 0 Å². The molecule has 1 heterocycles. The zero-order valence-electron chi connectivity index (χ0n) is 17.2. The van der Waals surface area contributed by atoms with Crippen LogP contribution in [0.1, 0.15) is 28.3 Å². The number of amides is 1. The molecular formula is C23H25NO6. The van der Waals surface area contributed by atoms with Gasteiger partial charge in [-0.15, -0.1) is 0 Å². The monoisotopic (exact) mass is 411 g/mol. The van der Waals surface area contributed by atoms with Gasteiger partial charge in [-0.2, -0.15) is 0 Å². The van der Waals surface area contributed by atoms with Crippen molar-refractivity contribution in [3.05, 3.63) is 65.7 Å². The highest BCUT2D eigenvalue weighted by molar-refractivity contribution is 5.97. The Kier molecular flexibility index (Phi) is 6.72. The number of esters is 2. The third kappa shape index (κ3) is 4.15. The highest BCUT2D eigenvalue weighted by Crippen LogP contribution is 2.43. The number of hydrogen-bond acceptors (Lipinski definition) is 6. The standard InChI is InChI=1S/C23H25NO6/c1-28-19-12-8-7-11-16(19)18-14-24(22(26)15-9-5-4-6-10-15)21(23(27)30-3)17(18)13-20(25)29-2/h4-12,17-18,21H,13-14H2,1-3H3/t17-,18-,21-/m0/s1. The number of nitrogens with zero attached hydrogens (tertiary/aromatic N) is 1. The number of ether oxygens (including phenoxy) is 3. The first-order valence-electron chi connectivity index (χ1n) is 9.65. The predicted molar refractivity (Wildman–Crippen MR) is 109 cm³/mol. The molecule has 7 heteroatoms. The van der Waals surface area contributed by atoms with E-state index < -0.39 is 23.9 Å². The molecule has 1 amide bonds. The summed E-state index contributed by atoms with van der Waals surface area (Å²) >= 11 is 0. The quantitative estimate of drug-likeness (QED) is 0.680. The second-order valence-electron chi connectivity index (χ2n) is 7.08. The Hall–Kier alpha value is -3.35. The number of benzene rings is 2. The molecule has 1 aliphatic heterocycles. The van der Waals surface area contributed by atoms with Crippen molar-refractivity contribution in [3.8, 4) is 5.75 Å². The molecule has 3 atom stereocenters. The summed E-state index contributed by atoms with van der Waals surface area (Å²) in [7, 11) is 4.14. The first-order valence-corrected chi connectivity index (χ1v) is 9.65. The number of likely N-dealkylation sites (tertiary alicyclic amines) is 1. The number of rotatable bonds is 6. The summed E-state index contributed by atoms with van der Waals surface area (Å²) in [5.41, 5.74) is 1.29. The molecule has 1 aliphatic rings. The second kappa shape index (κ2) is 9.43. The van der Waals surface area contributed by atoms with Crippen molar-refractivity contribution in [2.24, 2.45) is 5.92 Å². The van der Waals surface area contributed by atoms with E-state index in [1.54, 1.807) is 31.4 Å². The lowest BCUT2D eigenvalue weighted by Crippen LogP contribution is -2.44. The van der Waals surface area contributed by atoms with Gasteiger partial charge in [0.25, 0.3) is 5.91 Å². The third-order valence-electron chi connectivity index (χ3n) is 5.54. The SMILES string of the molecule is COC(=O)C[C@@H]1[C@@H](C(=O)OC)N(C(=O)c2ccccc2)C[C@H]1c1ccccc1OC. The fourth-order valence-corrected chi connectivity index (χ4v) is 4.12. The summed E-state index contributed by atoms with van der Waals surface area (Å²) in [5.74, 6) is -1.51. The lowest BCUT2D eigenvalue weighted by molar-refractivity contribution is -0.148. The van der Waals surface area contributed by atoms with Crippen molar-refractivity contribution in [2.75, 3.05) is 27.9 Å². The van der Waals surface area contributed by atoms with Gasteiger partial charge in [-0.1, -0.05) is 36.4 Å². The Morgan fingerprint density at radius 3 is 2.23 bits per heavy atom. The zero-order valence-corrected chi connectivity index (χ0v) is 17.2. The smallest absolute Gasteiger partial charge is 0.328 e. The summed E-state index contributed by atoms with van der Waals surface area (Å²) in [6.07, 6.45) is -0.0302. The average Bonchev–Trinajstić information content (AvgIpc) is 3.17. The predicted octanol–water partition coefficient (Wildman–Crippen LogP) is 2.66. The van der Waals surface area contributed by atoms with Gasteiger partial charge in [-0.05, 0) is 23.8 Å². The maximum Gasteiger partial charge on any atom is 0.328 e. The summed E-state index contributed by atoms with van der Waals surface area (Å²) in [4.78, 5) is 39.7. The van der Waals surface area contributed by atoms with Gasteiger partial charge < -0.3 is 19.1 Å². The molecule has 7 nitrogen and oxygen atoms in total. The van der Waals surface area contributed by atoms with E-state index in [-0.39, 0.29) is 24.8 Å². The Morgan fingerprint density at radius 2 is 1.60 bits per heavy atom. The van der Waals surface area contributed by atoms with E-state index in [0.29, 0.717) is 11.3 Å². The van der Waals surface area contributed by atoms with Gasteiger partial charge in [0.1, 0.15) is 11.8 Å². The first kappa shape index (κ1) is 21.4. The Balaban J connectivity index is 2.08. The lowest BCUT2D eigenvalue weighted by Gasteiger charge is -2.26. The van der Waals surface area contributed by atoms with Crippen LogP contribution in [0.15, 0.2) is 54.6 Å². The maximum atomic E-state index is 13.3. The zero-order chi connectivity index (χ0) is 21.7. The molecule has 3 rings (SSSR count). The van der Waals surface area contributed by atoms with E-state index in [0.717, 1.165) is 5.56 Å². The minimum absolute atomic E-state index is 0.0302. The first-order chi connectivity index (χ1) is 14.5. The molecule has 1 fully saturated rings. The molecule has 0 spiro atoms. The molecular weight excluding hydrogens is 386 g/mol. The third-order valence-corrected chi connectivity index (χ3v) is 5.54. The number of methoxy groups -OCH3 is 3. The Morgan fingerprint density at radius 1 is 0.933 bits per heavy atom. The number of carbonyl (C=O) groups excluding carboxylic acids is 3. The maximum absolute atomic E-state index is 13.3. The number of para-hydroxylation sites is 1. The van der Waals surface area contributed by atoms with E-state index in [2.05, 4.69) is 0 Å². The number of hydrogen-bond donors (Lipinski definition) is 0. The van der Waals surface area contributed by atoms with Crippen molar-refractivity contribution in [3.63, 3.8) is 0 Å². The molecule has 0 saturated carbocycles. The van der Waals surface area contributed by atoms with E-state index in [1.807, 2.05) is 30.3 Å². The minimum Gasteiger partial charge on any atom is -0.496 e. The van der Waals surface area contributed by atoms with Crippen LogP contribution in [0.2, 0.25) is 0 Å². The van der Waals surface area contributed by atoms with Gasteiger partial charge in [0.15, 0.2) is 0 Å². The van der Waals surface area contributed by atoms with Crippen molar-refractivity contribution < 1.29 is 28.6 Å². The molecule has 2 aromatic rings. The van der Waals surface area contributed by atoms with Gasteiger partial charge in [-0.3, -0.25) is 9.59 Å². The van der Waals surface area contributed by atoms with Crippen molar-refractivity contribution >= 4 is 17.8 Å². The van der Waals surface area contributed by atoms with E-state index >= 15 is 0 Å². The Bertz CT molecular complexity index is 913. The molecule has 0 aromatic heterocycles. The van der Waals surface area contributed by atoms with Crippen LogP contribution in [0, 0.1) is 5.92 Å². The summed E-state index contributed by atoms with van der Waals surface area (Å²) in [6.45, 7) is 0.246. The fraction of sp³-hybridized carbons (Fsp3) is 0.348. The van der Waals surface area contributed by atoms with Crippen molar-refractivity contribution in [1.29, 1.82) is 0 Å². The molecule has 1 saturated heterocycles. The number of carbonyl (C=O) groups is 3. The fourth-order valence-electron chi connectivity index (χ4n) is 4.12. The van der Waals surface area contributed by atoms with E-state index in [1.165, 1.54) is 19.1 Å². The summed E-state index contributed by atoms with van der Waals surface area (Å²) in [5, 5.41) is 0. The molecule has 0 N–H and O–H groups in total. The average molecular weight is 411 g/mol. The van der Waals surface area contributed by atoms with E-state index in [4.69, 9.17) is 14.2 Å². The second-order valence-corrected chi connectivity index (χ2v) is 7.08. The molecule has 0 unspecified atom stereocenters. The molecule has 158 valence electrons. The van der Waals surface area contributed by atoms with Crippen molar-refractivity contribution in [2.45, 2.75) is 18.4 Å². The van der Waals surface area contributed by atoms with Gasteiger partial charge in [0, 0.05) is 23.9 Å². The summed E-state index contributed by atoms with van der Waals surface area (Å²) < 4.78 is 15.4. The Labute approximate surface area is 175 Å². The van der Waals surface area contributed by atoms with Crippen LogP contribution in [0.5, 0.6) is 5.75 Å². The van der Waals surface area contributed by atoms with Gasteiger partial charge in [0.2, 0.25) is 0 Å². The summed E-state index contributed by atoms with van der Waals surface area (Å²) in [6, 6.07) is 15.2.